The second-order valence-electron chi connectivity index (χ2n) is 7.60. The van der Waals surface area contributed by atoms with Gasteiger partial charge in [0, 0.05) is 34.6 Å². The van der Waals surface area contributed by atoms with E-state index in [0.29, 0.717) is 39.3 Å². The molecule has 0 saturated carbocycles. The van der Waals surface area contributed by atoms with Crippen molar-refractivity contribution in [3.05, 3.63) is 99.0 Å². The fourth-order valence-corrected chi connectivity index (χ4v) is 4.03. The largest absolute Gasteiger partial charge is 0.484 e. The number of nitrogens with zero attached hydrogens (tertiary/aromatic N) is 1. The van der Waals surface area contributed by atoms with Gasteiger partial charge in [-0.05, 0) is 54.4 Å². The molecule has 0 spiro atoms. The molecule has 5 nitrogen and oxygen atoms in total. The Morgan fingerprint density at radius 2 is 1.62 bits per heavy atom. The summed E-state index contributed by atoms with van der Waals surface area (Å²) in [7, 11) is 0. The van der Waals surface area contributed by atoms with Crippen molar-refractivity contribution in [1.82, 2.24) is 10.2 Å². The fourth-order valence-electron chi connectivity index (χ4n) is 3.44. The number of carbonyl (C=O) groups excluding carboxylic acids is 2. The number of rotatable bonds is 10. The molecule has 178 valence electrons. The van der Waals surface area contributed by atoms with Crippen LogP contribution < -0.4 is 10.1 Å². The minimum Gasteiger partial charge on any atom is -0.484 e. The van der Waals surface area contributed by atoms with Crippen LogP contribution in [0, 0.1) is 0 Å². The van der Waals surface area contributed by atoms with E-state index in [1.807, 2.05) is 37.3 Å². The molecule has 0 fully saturated rings. The predicted octanol–water partition coefficient (Wildman–Crippen LogP) is 5.80. The summed E-state index contributed by atoms with van der Waals surface area (Å²) in [5.41, 5.74) is 1.60. The molecule has 0 aliphatic rings. The van der Waals surface area contributed by atoms with Crippen molar-refractivity contribution in [3.8, 4) is 5.75 Å². The zero-order chi connectivity index (χ0) is 24.5. The minimum absolute atomic E-state index is 0.118. The van der Waals surface area contributed by atoms with Crippen molar-refractivity contribution in [1.29, 1.82) is 0 Å². The number of nitrogens with one attached hydrogen (secondary N) is 1. The smallest absolute Gasteiger partial charge is 0.261 e. The summed E-state index contributed by atoms with van der Waals surface area (Å²) < 4.78 is 5.70. The van der Waals surface area contributed by atoms with Crippen LogP contribution in [0.1, 0.15) is 18.1 Å². The third-order valence-electron chi connectivity index (χ3n) is 5.15. The van der Waals surface area contributed by atoms with E-state index in [-0.39, 0.29) is 25.0 Å². The highest BCUT2D eigenvalue weighted by atomic mass is 35.5. The van der Waals surface area contributed by atoms with Gasteiger partial charge < -0.3 is 15.0 Å². The summed E-state index contributed by atoms with van der Waals surface area (Å²) in [4.78, 5) is 28.1. The van der Waals surface area contributed by atoms with Gasteiger partial charge in [0.05, 0.1) is 0 Å². The summed E-state index contributed by atoms with van der Waals surface area (Å²) in [6.45, 7) is 2.14. The highest BCUT2D eigenvalue weighted by molar-refractivity contribution is 6.35. The van der Waals surface area contributed by atoms with Crippen molar-refractivity contribution in [2.24, 2.45) is 0 Å². The predicted molar refractivity (Wildman–Crippen MR) is 137 cm³/mol. The number of benzene rings is 3. The Hall–Kier alpha value is -2.73. The summed E-state index contributed by atoms with van der Waals surface area (Å²) in [6.07, 6.45) is 0.338. The molecule has 34 heavy (non-hydrogen) atoms. The maximum absolute atomic E-state index is 13.4. The Morgan fingerprint density at radius 1 is 0.941 bits per heavy atom. The molecule has 3 aromatic carbocycles. The molecule has 3 rings (SSSR count). The zero-order valence-corrected chi connectivity index (χ0v) is 20.9. The van der Waals surface area contributed by atoms with Gasteiger partial charge in [-0.1, -0.05) is 71.2 Å². The fraction of sp³-hybridized carbons (Fsp3) is 0.231. The highest BCUT2D eigenvalue weighted by Crippen LogP contribution is 2.24. The molecule has 0 aliphatic heterocycles. The van der Waals surface area contributed by atoms with Crippen LogP contribution in [0.3, 0.4) is 0 Å². The quantitative estimate of drug-likeness (QED) is 0.368. The maximum Gasteiger partial charge on any atom is 0.261 e. The van der Waals surface area contributed by atoms with Gasteiger partial charge >= 0.3 is 0 Å². The SMILES string of the molecule is CCNC(=O)[C@H](Cc1ccccc1)N(Cc1ccc(Cl)cc1Cl)C(=O)COc1ccc(Cl)cc1. The first kappa shape index (κ1) is 25.9. The number of hydrogen-bond acceptors (Lipinski definition) is 3. The van der Waals surface area contributed by atoms with Gasteiger partial charge in [0.25, 0.3) is 5.91 Å². The second-order valence-corrected chi connectivity index (χ2v) is 8.88. The molecule has 8 heteroatoms. The molecule has 2 amide bonds. The number of halogens is 3. The van der Waals surface area contributed by atoms with Gasteiger partial charge in [-0.15, -0.1) is 0 Å². The van der Waals surface area contributed by atoms with E-state index in [1.165, 1.54) is 4.90 Å². The Kier molecular flexibility index (Phi) is 9.63. The van der Waals surface area contributed by atoms with Gasteiger partial charge in [0.15, 0.2) is 6.61 Å². The average Bonchev–Trinajstić information content (AvgIpc) is 2.82. The number of amides is 2. The molecule has 0 aliphatic carbocycles. The van der Waals surface area contributed by atoms with E-state index in [0.717, 1.165) is 5.56 Å². The van der Waals surface area contributed by atoms with Crippen molar-refractivity contribution >= 4 is 46.6 Å². The molecular weight excluding hydrogens is 495 g/mol. The summed E-state index contributed by atoms with van der Waals surface area (Å²) >= 11 is 18.4. The second kappa shape index (κ2) is 12.7. The number of ether oxygens (including phenoxy) is 1. The standard InChI is InChI=1S/C26H25Cl3N2O3/c1-2-30-26(33)24(14-18-6-4-3-5-7-18)31(16-19-8-9-21(28)15-23(19)29)25(32)17-34-22-12-10-20(27)11-13-22/h3-13,15,24H,2,14,16-17H2,1H3,(H,30,33)/t24-/m0/s1. The zero-order valence-electron chi connectivity index (χ0n) is 18.6. The van der Waals surface area contributed by atoms with Crippen LogP contribution in [-0.2, 0) is 22.6 Å². The van der Waals surface area contributed by atoms with E-state index >= 15 is 0 Å². The van der Waals surface area contributed by atoms with Gasteiger partial charge in [0.2, 0.25) is 5.91 Å². The summed E-state index contributed by atoms with van der Waals surface area (Å²) in [6, 6.07) is 20.6. The van der Waals surface area contributed by atoms with E-state index in [2.05, 4.69) is 5.32 Å². The Balaban J connectivity index is 1.91. The van der Waals surface area contributed by atoms with Gasteiger partial charge in [0.1, 0.15) is 11.8 Å². The third kappa shape index (κ3) is 7.39. The number of hydrogen-bond donors (Lipinski definition) is 1. The topological polar surface area (TPSA) is 58.6 Å². The molecule has 3 aromatic rings. The molecule has 0 radical (unpaired) electrons. The van der Waals surface area contributed by atoms with E-state index in [1.54, 1.807) is 42.5 Å². The van der Waals surface area contributed by atoms with Crippen molar-refractivity contribution in [3.63, 3.8) is 0 Å². The van der Waals surface area contributed by atoms with Crippen molar-refractivity contribution in [2.45, 2.75) is 25.9 Å². The Bertz CT molecular complexity index is 1110. The molecule has 0 bridgehead atoms. The first-order chi connectivity index (χ1) is 16.4. The van der Waals surface area contributed by atoms with Gasteiger partial charge in [-0.2, -0.15) is 0 Å². The summed E-state index contributed by atoms with van der Waals surface area (Å²) in [5, 5.41) is 4.32. The molecule has 0 unspecified atom stereocenters. The van der Waals surface area contributed by atoms with Crippen LogP contribution in [0.25, 0.3) is 0 Å². The lowest BCUT2D eigenvalue weighted by Crippen LogP contribution is -2.51. The van der Waals surface area contributed by atoms with Crippen LogP contribution in [0.4, 0.5) is 0 Å². The van der Waals surface area contributed by atoms with Crippen LogP contribution in [0.15, 0.2) is 72.8 Å². The molecule has 0 aromatic heterocycles. The van der Waals surface area contributed by atoms with Crippen molar-refractivity contribution < 1.29 is 14.3 Å². The monoisotopic (exact) mass is 518 g/mol. The van der Waals surface area contributed by atoms with Crippen LogP contribution in [0.2, 0.25) is 15.1 Å². The Morgan fingerprint density at radius 3 is 2.26 bits per heavy atom. The van der Waals surface area contributed by atoms with Gasteiger partial charge in [-0.3, -0.25) is 9.59 Å². The number of carbonyl (C=O) groups is 2. The number of likely N-dealkylation sites (N-methyl/N-ethyl adjacent to an activating group) is 1. The molecule has 1 atom stereocenters. The first-order valence-electron chi connectivity index (χ1n) is 10.8. The molecule has 0 saturated heterocycles. The third-order valence-corrected chi connectivity index (χ3v) is 5.99. The minimum atomic E-state index is -0.768. The van der Waals surface area contributed by atoms with Crippen LogP contribution >= 0.6 is 34.8 Å². The lowest BCUT2D eigenvalue weighted by Gasteiger charge is -2.31. The van der Waals surface area contributed by atoms with E-state index in [4.69, 9.17) is 39.5 Å². The van der Waals surface area contributed by atoms with Gasteiger partial charge in [-0.25, -0.2) is 0 Å². The van der Waals surface area contributed by atoms with Crippen LogP contribution in [0.5, 0.6) is 5.75 Å². The maximum atomic E-state index is 13.4. The summed E-state index contributed by atoms with van der Waals surface area (Å²) in [5.74, 6) is -0.107. The molecular formula is C26H25Cl3N2O3. The van der Waals surface area contributed by atoms with Crippen LogP contribution in [-0.4, -0.2) is 35.9 Å². The molecule has 0 heterocycles. The lowest BCUT2D eigenvalue weighted by molar-refractivity contribution is -0.142. The highest BCUT2D eigenvalue weighted by Gasteiger charge is 2.31. The van der Waals surface area contributed by atoms with E-state index < -0.39 is 6.04 Å². The molecule has 1 N–H and O–H groups in total. The Labute approximate surface area is 214 Å². The van der Waals surface area contributed by atoms with E-state index in [9.17, 15) is 9.59 Å². The van der Waals surface area contributed by atoms with Crippen molar-refractivity contribution in [2.75, 3.05) is 13.2 Å². The lowest BCUT2D eigenvalue weighted by atomic mass is 10.0. The normalized spacial score (nSPS) is 11.5. The first-order valence-corrected chi connectivity index (χ1v) is 11.9. The average molecular weight is 520 g/mol.